The highest BCUT2D eigenvalue weighted by atomic mass is 16.8. The fraction of sp³-hybridized carbons (Fsp3) is 0.538. The van der Waals surface area contributed by atoms with Crippen LogP contribution < -0.4 is 10.1 Å². The van der Waals surface area contributed by atoms with Gasteiger partial charge in [-0.25, -0.2) is 4.79 Å². The summed E-state index contributed by atoms with van der Waals surface area (Å²) in [5, 5.41) is 25.0. The molecule has 1 aromatic rings. The quantitative estimate of drug-likeness (QED) is 0.128. The van der Waals surface area contributed by atoms with Gasteiger partial charge in [-0.15, -0.1) is 0 Å². The molecule has 0 aliphatic carbocycles. The highest BCUT2D eigenvalue weighted by Gasteiger charge is 2.66. The molecule has 18 heteroatoms. The number of nitro benzene ring substituents is 1. The molecule has 7 atom stereocenters. The SMILES string of the molecule is COC(=O)[C@]1(Oc2ccc([N+](=O)[O-])cc2)O[C@@H]([C@H](OC(C)=O)[C@@H](COC(C)=O)OC(C)=O)[C@H](NC(C)=O)[C@@H](OC(C)=O)[C@@H]1O. The summed E-state index contributed by atoms with van der Waals surface area (Å²) in [6.45, 7) is 4.25. The lowest BCUT2D eigenvalue weighted by atomic mass is 9.85. The van der Waals surface area contributed by atoms with Gasteiger partial charge in [0.2, 0.25) is 5.91 Å². The number of hydrogen-bond acceptors (Lipinski definition) is 16. The molecule has 1 heterocycles. The third-order valence-electron chi connectivity index (χ3n) is 5.94. The van der Waals surface area contributed by atoms with Crippen molar-refractivity contribution < 1.29 is 72.0 Å². The fourth-order valence-corrected chi connectivity index (χ4v) is 4.35. The second-order valence-corrected chi connectivity index (χ2v) is 9.36. The zero-order valence-electron chi connectivity index (χ0n) is 24.5. The van der Waals surface area contributed by atoms with E-state index in [0.29, 0.717) is 0 Å². The van der Waals surface area contributed by atoms with Crippen LogP contribution in [0.15, 0.2) is 24.3 Å². The van der Waals surface area contributed by atoms with Gasteiger partial charge < -0.3 is 43.6 Å². The van der Waals surface area contributed by atoms with Gasteiger partial charge in [-0.05, 0) is 12.1 Å². The van der Waals surface area contributed by atoms with E-state index in [-0.39, 0.29) is 11.4 Å². The minimum Gasteiger partial charge on any atom is -0.464 e. The Bertz CT molecular complexity index is 1270. The van der Waals surface area contributed by atoms with E-state index < -0.39 is 89.6 Å². The number of hydrogen-bond donors (Lipinski definition) is 2. The van der Waals surface area contributed by atoms with Crippen LogP contribution in [0.4, 0.5) is 5.69 Å². The Kier molecular flexibility index (Phi) is 12.1. The van der Waals surface area contributed by atoms with Crippen molar-refractivity contribution in [3.63, 3.8) is 0 Å². The number of rotatable bonds is 12. The number of benzene rings is 1. The molecule has 1 amide bonds. The zero-order chi connectivity index (χ0) is 33.4. The van der Waals surface area contributed by atoms with E-state index in [1.807, 2.05) is 0 Å². The Morgan fingerprint density at radius 1 is 0.977 bits per heavy atom. The average Bonchev–Trinajstić information content (AvgIpc) is 2.92. The lowest BCUT2D eigenvalue weighted by molar-refractivity contribution is -0.384. The molecule has 0 spiro atoms. The van der Waals surface area contributed by atoms with Crippen molar-refractivity contribution in [1.29, 1.82) is 0 Å². The monoisotopic (exact) mass is 628 g/mol. The summed E-state index contributed by atoms with van der Waals surface area (Å²) in [6, 6.07) is 2.48. The second-order valence-electron chi connectivity index (χ2n) is 9.36. The Morgan fingerprint density at radius 2 is 1.57 bits per heavy atom. The summed E-state index contributed by atoms with van der Waals surface area (Å²) < 4.78 is 37.5. The van der Waals surface area contributed by atoms with Crippen molar-refractivity contribution in [2.24, 2.45) is 0 Å². The van der Waals surface area contributed by atoms with Crippen LogP contribution in [0.1, 0.15) is 34.6 Å². The summed E-state index contributed by atoms with van der Waals surface area (Å²) >= 11 is 0. The second kappa shape index (κ2) is 15.1. The number of ether oxygens (including phenoxy) is 7. The molecule has 44 heavy (non-hydrogen) atoms. The molecule has 0 unspecified atom stereocenters. The third kappa shape index (κ3) is 8.83. The molecule has 1 aliphatic rings. The first-order chi connectivity index (χ1) is 20.5. The topological polar surface area (TPSA) is 242 Å². The van der Waals surface area contributed by atoms with Crippen LogP contribution in [0.2, 0.25) is 0 Å². The maximum atomic E-state index is 13.4. The summed E-state index contributed by atoms with van der Waals surface area (Å²) in [5.41, 5.74) is -0.361. The smallest absolute Gasteiger partial charge is 0.382 e. The number of aliphatic hydroxyl groups is 1. The highest BCUT2D eigenvalue weighted by Crippen LogP contribution is 2.38. The minimum atomic E-state index is -2.98. The predicted octanol–water partition coefficient (Wildman–Crippen LogP) is -0.534. The number of amides is 1. The van der Waals surface area contributed by atoms with E-state index in [4.69, 9.17) is 33.2 Å². The van der Waals surface area contributed by atoms with Gasteiger partial charge in [0.15, 0.2) is 24.4 Å². The first kappa shape index (κ1) is 35.4. The predicted molar refractivity (Wildman–Crippen MR) is 140 cm³/mol. The van der Waals surface area contributed by atoms with Gasteiger partial charge in [-0.1, -0.05) is 0 Å². The largest absolute Gasteiger partial charge is 0.464 e. The molecule has 0 radical (unpaired) electrons. The van der Waals surface area contributed by atoms with Crippen molar-refractivity contribution in [3.05, 3.63) is 34.4 Å². The van der Waals surface area contributed by atoms with Crippen LogP contribution in [0.5, 0.6) is 5.75 Å². The minimum absolute atomic E-state index is 0.293. The number of non-ortho nitro benzene ring substituents is 1. The molecule has 1 saturated heterocycles. The summed E-state index contributed by atoms with van der Waals surface area (Å²) in [4.78, 5) is 84.2. The molecule has 0 bridgehead atoms. The molecule has 0 aromatic heterocycles. The number of esters is 5. The van der Waals surface area contributed by atoms with Gasteiger partial charge in [-0.3, -0.25) is 34.1 Å². The van der Waals surface area contributed by atoms with Gasteiger partial charge in [0.05, 0.1) is 18.1 Å². The van der Waals surface area contributed by atoms with E-state index in [0.717, 1.165) is 66.0 Å². The van der Waals surface area contributed by atoms with Gasteiger partial charge >= 0.3 is 35.6 Å². The van der Waals surface area contributed by atoms with Crippen molar-refractivity contribution in [3.8, 4) is 5.75 Å². The lowest BCUT2D eigenvalue weighted by Gasteiger charge is -2.50. The van der Waals surface area contributed by atoms with E-state index in [2.05, 4.69) is 5.32 Å². The number of carbonyl (C=O) groups is 6. The number of nitro groups is 1. The maximum absolute atomic E-state index is 13.4. The Balaban J connectivity index is 2.85. The third-order valence-corrected chi connectivity index (χ3v) is 5.94. The molecule has 242 valence electrons. The van der Waals surface area contributed by atoms with Crippen LogP contribution in [-0.2, 0) is 57.2 Å². The fourth-order valence-electron chi connectivity index (χ4n) is 4.35. The van der Waals surface area contributed by atoms with Gasteiger partial charge in [0.1, 0.15) is 18.5 Å². The standard InChI is InChI=1S/C26H32N2O16/c1-12(29)27-20-22(21(41-15(4)32)19(40-14(3)31)11-39-13(2)30)44-26(25(35)38-6,24(34)23(20)42-16(5)33)43-18-9-7-17(8-10-18)28(36)37/h7-10,19-24,34H,11H2,1-6H3,(H,27,29)/t19-,20+,21-,22-,23-,24+,26-/m1/s1. The Hall–Kier alpha value is -4.84. The molecule has 18 nitrogen and oxygen atoms in total. The first-order valence-corrected chi connectivity index (χ1v) is 12.8. The number of aliphatic hydroxyl groups excluding tert-OH is 1. The van der Waals surface area contributed by atoms with E-state index in [9.17, 15) is 44.0 Å². The molecule has 2 N–H and O–H groups in total. The van der Waals surface area contributed by atoms with Gasteiger partial charge in [0, 0.05) is 46.8 Å². The van der Waals surface area contributed by atoms with Crippen molar-refractivity contribution in [1.82, 2.24) is 5.32 Å². The molecule has 1 aromatic carbocycles. The summed E-state index contributed by atoms with van der Waals surface area (Å²) in [6.07, 6.45) is -9.59. The van der Waals surface area contributed by atoms with Gasteiger partial charge in [0.25, 0.3) is 5.69 Å². The Labute approximate surface area is 249 Å². The zero-order valence-corrected chi connectivity index (χ0v) is 24.5. The van der Waals surface area contributed by atoms with Crippen molar-refractivity contribution in [2.45, 2.75) is 77.0 Å². The van der Waals surface area contributed by atoms with E-state index in [1.165, 1.54) is 0 Å². The normalized spacial score (nSPS) is 24.0. The summed E-state index contributed by atoms with van der Waals surface area (Å²) in [7, 11) is 0.890. The number of carbonyl (C=O) groups excluding carboxylic acids is 6. The van der Waals surface area contributed by atoms with Crippen molar-refractivity contribution in [2.75, 3.05) is 13.7 Å². The average molecular weight is 629 g/mol. The molecule has 1 fully saturated rings. The van der Waals surface area contributed by atoms with Gasteiger partial charge in [-0.2, -0.15) is 0 Å². The lowest BCUT2D eigenvalue weighted by Crippen LogP contribution is -2.76. The molecular weight excluding hydrogens is 596 g/mol. The molecule has 1 aliphatic heterocycles. The number of nitrogens with one attached hydrogen (secondary N) is 1. The molecular formula is C26H32N2O16. The molecule has 0 saturated carbocycles. The van der Waals surface area contributed by atoms with E-state index in [1.54, 1.807) is 0 Å². The Morgan fingerprint density at radius 3 is 2.02 bits per heavy atom. The van der Waals surface area contributed by atoms with Crippen molar-refractivity contribution >= 4 is 41.4 Å². The van der Waals surface area contributed by atoms with Crippen LogP contribution >= 0.6 is 0 Å². The van der Waals surface area contributed by atoms with E-state index >= 15 is 0 Å². The first-order valence-electron chi connectivity index (χ1n) is 12.8. The number of nitrogens with zero attached hydrogens (tertiary/aromatic N) is 1. The van der Waals surface area contributed by atoms with Crippen LogP contribution in [0.3, 0.4) is 0 Å². The number of methoxy groups -OCH3 is 1. The highest BCUT2D eigenvalue weighted by molar-refractivity contribution is 5.80. The summed E-state index contributed by atoms with van der Waals surface area (Å²) in [5.74, 6) is -9.27. The maximum Gasteiger partial charge on any atom is 0.382 e. The molecule has 2 rings (SSSR count). The van der Waals surface area contributed by atoms with Crippen LogP contribution in [0, 0.1) is 10.1 Å². The van der Waals surface area contributed by atoms with Crippen LogP contribution in [-0.4, -0.2) is 102 Å². The van der Waals surface area contributed by atoms with Crippen LogP contribution in [0.25, 0.3) is 0 Å².